The van der Waals surface area contributed by atoms with Gasteiger partial charge in [0.1, 0.15) is 5.82 Å². The van der Waals surface area contributed by atoms with Crippen LogP contribution in [0, 0.1) is 18.6 Å². The second-order valence-electron chi connectivity index (χ2n) is 10.8. The molecule has 0 spiro atoms. The van der Waals surface area contributed by atoms with E-state index < -0.39 is 17.4 Å². The number of nitrogens with zero attached hydrogens (tertiary/aromatic N) is 4. The van der Waals surface area contributed by atoms with Crippen LogP contribution in [0.4, 0.5) is 14.6 Å². The number of fused-ring (bicyclic) bond motifs is 2. The fraction of sp³-hybridized carbons (Fsp3) is 0.258. The third-order valence-electron chi connectivity index (χ3n) is 8.26. The molecule has 3 N–H and O–H groups in total. The molecule has 3 aromatic heterocycles. The minimum Gasteiger partial charge on any atom is -0.433 e. The summed E-state index contributed by atoms with van der Waals surface area (Å²) < 4.78 is 40.2. The van der Waals surface area contributed by atoms with E-state index in [1.54, 1.807) is 6.92 Å². The number of hydrogen-bond donors (Lipinski definition) is 2. The topological polar surface area (TPSA) is 111 Å². The van der Waals surface area contributed by atoms with Gasteiger partial charge in [0.2, 0.25) is 17.4 Å². The van der Waals surface area contributed by atoms with Gasteiger partial charge in [-0.1, -0.05) is 6.07 Å². The first-order chi connectivity index (χ1) is 20.3. The van der Waals surface area contributed by atoms with Crippen molar-refractivity contribution in [3.05, 3.63) is 94.4 Å². The van der Waals surface area contributed by atoms with Crippen LogP contribution in [0.2, 0.25) is 0 Å². The van der Waals surface area contributed by atoms with E-state index in [-0.39, 0.29) is 29.1 Å². The highest BCUT2D eigenvalue weighted by atomic mass is 19.1. The SMILES string of the molecule is Cc1cc(Oc2c(F)cccc2F)ncc1-n1ncc(C(=O)c2cc3cc4c(cc3[nH]2)C(C)N(C2COC2)CC4)c1N. The lowest BCUT2D eigenvalue weighted by Gasteiger charge is -2.44. The molecule has 5 aromatic rings. The van der Waals surface area contributed by atoms with Gasteiger partial charge in [-0.3, -0.25) is 9.69 Å². The van der Waals surface area contributed by atoms with Crippen LogP contribution in [0.1, 0.15) is 45.7 Å². The molecule has 0 bridgehead atoms. The second-order valence-corrected chi connectivity index (χ2v) is 10.8. The third-order valence-corrected chi connectivity index (χ3v) is 8.26. The number of aromatic nitrogens is 4. The van der Waals surface area contributed by atoms with Gasteiger partial charge in [-0.15, -0.1) is 0 Å². The van der Waals surface area contributed by atoms with Crippen LogP contribution in [0.3, 0.4) is 0 Å². The van der Waals surface area contributed by atoms with E-state index in [1.807, 2.05) is 6.07 Å². The predicted molar refractivity (Wildman–Crippen MR) is 152 cm³/mol. The molecule has 1 saturated heterocycles. The number of H-pyrrole nitrogens is 1. The Morgan fingerprint density at radius 2 is 1.93 bits per heavy atom. The highest BCUT2D eigenvalue weighted by molar-refractivity contribution is 6.12. The van der Waals surface area contributed by atoms with E-state index in [1.165, 1.54) is 40.3 Å². The maximum atomic E-state index is 14.0. The van der Waals surface area contributed by atoms with E-state index in [4.69, 9.17) is 15.2 Å². The number of nitrogen functional groups attached to an aromatic ring is 1. The Balaban J connectivity index is 1.15. The van der Waals surface area contributed by atoms with Crippen molar-refractivity contribution in [2.24, 2.45) is 0 Å². The molecular weight excluding hydrogens is 542 g/mol. The summed E-state index contributed by atoms with van der Waals surface area (Å²) in [5.74, 6) is -2.35. The zero-order valence-electron chi connectivity index (χ0n) is 23.0. The van der Waals surface area contributed by atoms with Crippen LogP contribution in [-0.2, 0) is 11.2 Å². The Labute approximate surface area is 239 Å². The average molecular weight is 571 g/mol. The molecule has 0 saturated carbocycles. The maximum Gasteiger partial charge on any atom is 0.219 e. The number of anilines is 1. The number of nitrogens with one attached hydrogen (secondary N) is 1. The van der Waals surface area contributed by atoms with Crippen LogP contribution < -0.4 is 10.5 Å². The van der Waals surface area contributed by atoms with Gasteiger partial charge in [0.15, 0.2) is 11.6 Å². The lowest BCUT2D eigenvalue weighted by atomic mass is 9.91. The molecular formula is C31H28F2N6O3. The van der Waals surface area contributed by atoms with Gasteiger partial charge in [-0.05, 0) is 67.3 Å². The van der Waals surface area contributed by atoms with E-state index in [2.05, 4.69) is 39.0 Å². The summed E-state index contributed by atoms with van der Waals surface area (Å²) in [6.45, 7) is 6.52. The molecule has 1 fully saturated rings. The molecule has 1 atom stereocenters. The monoisotopic (exact) mass is 570 g/mol. The number of benzene rings is 2. The smallest absolute Gasteiger partial charge is 0.219 e. The summed E-state index contributed by atoms with van der Waals surface area (Å²) in [4.78, 5) is 23.5. The molecule has 2 aliphatic rings. The fourth-order valence-electron chi connectivity index (χ4n) is 5.86. The molecule has 0 aliphatic carbocycles. The predicted octanol–water partition coefficient (Wildman–Crippen LogP) is 5.26. The zero-order chi connectivity index (χ0) is 29.1. The number of carbonyl (C=O) groups excluding carboxylic acids is 1. The minimum absolute atomic E-state index is 0.00140. The Hall–Kier alpha value is -4.61. The molecule has 0 radical (unpaired) electrons. The van der Waals surface area contributed by atoms with Crippen molar-refractivity contribution in [2.75, 3.05) is 25.5 Å². The van der Waals surface area contributed by atoms with E-state index in [9.17, 15) is 13.6 Å². The molecule has 5 heterocycles. The molecule has 2 aliphatic heterocycles. The quantitative estimate of drug-likeness (QED) is 0.268. The van der Waals surface area contributed by atoms with Gasteiger partial charge >= 0.3 is 0 Å². The second kappa shape index (κ2) is 10.0. The number of ether oxygens (including phenoxy) is 2. The lowest BCUT2D eigenvalue weighted by molar-refractivity contribution is -0.0798. The van der Waals surface area contributed by atoms with Gasteiger partial charge in [0, 0.05) is 29.6 Å². The van der Waals surface area contributed by atoms with Crippen LogP contribution in [0.25, 0.3) is 16.6 Å². The number of carbonyl (C=O) groups is 1. The van der Waals surface area contributed by atoms with Crippen molar-refractivity contribution in [3.8, 4) is 17.3 Å². The molecule has 7 rings (SSSR count). The first kappa shape index (κ1) is 26.3. The number of nitrogens with two attached hydrogens (primary N) is 1. The third kappa shape index (κ3) is 4.32. The molecule has 0 amide bonds. The number of ketones is 1. The highest BCUT2D eigenvalue weighted by Crippen LogP contribution is 2.36. The number of halogens is 2. The summed E-state index contributed by atoms with van der Waals surface area (Å²) in [7, 11) is 0. The Morgan fingerprint density at radius 3 is 2.64 bits per heavy atom. The maximum absolute atomic E-state index is 14.0. The zero-order valence-corrected chi connectivity index (χ0v) is 23.0. The summed E-state index contributed by atoms with van der Waals surface area (Å²) in [5, 5.41) is 5.31. The minimum atomic E-state index is -0.838. The first-order valence-corrected chi connectivity index (χ1v) is 13.7. The van der Waals surface area contributed by atoms with Gasteiger partial charge < -0.3 is 20.2 Å². The Kier molecular flexibility index (Phi) is 6.28. The summed E-state index contributed by atoms with van der Waals surface area (Å²) in [5.41, 5.74) is 11.6. The number of aryl methyl sites for hydroxylation is 1. The van der Waals surface area contributed by atoms with Crippen LogP contribution in [-0.4, -0.2) is 56.2 Å². The molecule has 11 heteroatoms. The molecule has 2 aromatic carbocycles. The van der Waals surface area contributed by atoms with Crippen molar-refractivity contribution in [2.45, 2.75) is 32.4 Å². The average Bonchev–Trinajstić information content (AvgIpc) is 3.53. The number of pyridine rings is 1. The largest absolute Gasteiger partial charge is 0.433 e. The van der Waals surface area contributed by atoms with Crippen molar-refractivity contribution in [1.82, 2.24) is 24.6 Å². The normalized spacial score (nSPS) is 17.3. The van der Waals surface area contributed by atoms with Crippen molar-refractivity contribution in [1.29, 1.82) is 0 Å². The van der Waals surface area contributed by atoms with Crippen LogP contribution in [0.15, 0.2) is 54.9 Å². The first-order valence-electron chi connectivity index (χ1n) is 13.7. The Morgan fingerprint density at radius 1 is 1.14 bits per heavy atom. The summed E-state index contributed by atoms with van der Waals surface area (Å²) in [6, 6.07) is 11.9. The van der Waals surface area contributed by atoms with Crippen molar-refractivity contribution >= 4 is 22.5 Å². The highest BCUT2D eigenvalue weighted by Gasteiger charge is 2.34. The van der Waals surface area contributed by atoms with Crippen LogP contribution >= 0.6 is 0 Å². The number of aromatic amines is 1. The van der Waals surface area contributed by atoms with E-state index in [0.717, 1.165) is 49.2 Å². The molecule has 42 heavy (non-hydrogen) atoms. The molecule has 9 nitrogen and oxygen atoms in total. The van der Waals surface area contributed by atoms with E-state index >= 15 is 0 Å². The standard InChI is InChI=1S/C31H28F2N6O3/c1-16-8-28(42-30-23(32)4-3-5-24(30)33)35-13-27(16)39-31(34)22(12-36-39)29(40)26-10-19-9-18-6-7-38(20-14-41-15-20)17(2)21(18)11-25(19)37-26/h3-5,8-13,17,20,37H,6-7,14-15,34H2,1-2H3. The fourth-order valence-corrected chi connectivity index (χ4v) is 5.86. The van der Waals surface area contributed by atoms with Gasteiger partial charge in [0.05, 0.1) is 48.6 Å². The van der Waals surface area contributed by atoms with Gasteiger partial charge in [0.25, 0.3) is 0 Å². The van der Waals surface area contributed by atoms with Gasteiger partial charge in [-0.25, -0.2) is 18.4 Å². The van der Waals surface area contributed by atoms with Gasteiger partial charge in [-0.2, -0.15) is 5.10 Å². The van der Waals surface area contributed by atoms with Crippen molar-refractivity contribution in [3.63, 3.8) is 0 Å². The number of para-hydroxylation sites is 1. The summed E-state index contributed by atoms with van der Waals surface area (Å²) >= 11 is 0. The summed E-state index contributed by atoms with van der Waals surface area (Å²) in [6.07, 6.45) is 3.80. The number of hydrogen-bond acceptors (Lipinski definition) is 7. The molecule has 1 unspecified atom stereocenters. The number of rotatable bonds is 6. The van der Waals surface area contributed by atoms with Crippen molar-refractivity contribution < 1.29 is 23.0 Å². The van der Waals surface area contributed by atoms with E-state index in [0.29, 0.717) is 23.0 Å². The lowest BCUT2D eigenvalue weighted by Crippen LogP contribution is -2.52. The Bertz CT molecular complexity index is 1840. The van der Waals surface area contributed by atoms with Crippen LogP contribution in [0.5, 0.6) is 11.6 Å². The molecule has 214 valence electrons.